The van der Waals surface area contributed by atoms with Crippen molar-refractivity contribution in [2.45, 2.75) is 44.2 Å². The number of alkyl carbamates (subject to hydrolysis) is 1. The molecule has 0 aromatic heterocycles. The molecule has 0 saturated heterocycles. The van der Waals surface area contributed by atoms with Crippen molar-refractivity contribution >= 4 is 18.0 Å². The Labute approximate surface area is 186 Å². The molecule has 3 rings (SSSR count). The Morgan fingerprint density at radius 2 is 1.62 bits per heavy atom. The van der Waals surface area contributed by atoms with Crippen molar-refractivity contribution in [3.05, 3.63) is 59.7 Å². The molecule has 2 aromatic carbocycles. The first kappa shape index (κ1) is 23.3. The first-order valence-electron chi connectivity index (χ1n) is 10.6. The third-order valence-corrected chi connectivity index (χ3v) is 5.95. The van der Waals surface area contributed by atoms with Crippen LogP contribution in [0.1, 0.15) is 43.7 Å². The van der Waals surface area contributed by atoms with E-state index in [9.17, 15) is 19.5 Å². The van der Waals surface area contributed by atoms with E-state index in [2.05, 4.69) is 10.6 Å². The van der Waals surface area contributed by atoms with Gasteiger partial charge in [0.05, 0.1) is 0 Å². The van der Waals surface area contributed by atoms with Crippen LogP contribution in [0.25, 0.3) is 11.1 Å². The molecule has 1 aliphatic rings. The van der Waals surface area contributed by atoms with E-state index >= 15 is 0 Å². The van der Waals surface area contributed by atoms with Crippen LogP contribution in [0.15, 0.2) is 48.5 Å². The van der Waals surface area contributed by atoms with Crippen molar-refractivity contribution in [3.8, 4) is 11.1 Å². The average Bonchev–Trinajstić information content (AvgIpc) is 3.11. The summed E-state index contributed by atoms with van der Waals surface area (Å²) in [6.45, 7) is 2.91. The Balaban J connectivity index is 1.67. The lowest BCUT2D eigenvalue weighted by molar-refractivity contribution is -0.143. The molecule has 2 aromatic rings. The molecule has 0 spiro atoms. The molecule has 0 saturated carbocycles. The summed E-state index contributed by atoms with van der Waals surface area (Å²) >= 11 is 0. The topological polar surface area (TPSA) is 125 Å². The van der Waals surface area contributed by atoms with Gasteiger partial charge in [0.2, 0.25) is 5.91 Å². The zero-order valence-corrected chi connectivity index (χ0v) is 18.1. The SMILES string of the molecule is CCC(C)(NC(=O)OCC1c2ccccc2-c2ccccc21)C(=O)NC(CCO)C(=O)O. The van der Waals surface area contributed by atoms with Gasteiger partial charge in [-0.15, -0.1) is 0 Å². The number of amides is 2. The number of hydrogen-bond acceptors (Lipinski definition) is 5. The van der Waals surface area contributed by atoms with Gasteiger partial charge in [0.25, 0.3) is 0 Å². The summed E-state index contributed by atoms with van der Waals surface area (Å²) in [5.41, 5.74) is 3.00. The number of carbonyl (C=O) groups excluding carboxylic acids is 2. The second kappa shape index (κ2) is 9.82. The Morgan fingerprint density at radius 1 is 1.06 bits per heavy atom. The lowest BCUT2D eigenvalue weighted by atomic mass is 9.97. The molecular weight excluding hydrogens is 412 g/mol. The number of carboxylic acids is 1. The van der Waals surface area contributed by atoms with E-state index in [1.165, 1.54) is 6.92 Å². The molecule has 0 bridgehead atoms. The van der Waals surface area contributed by atoms with E-state index in [0.29, 0.717) is 0 Å². The van der Waals surface area contributed by atoms with Gasteiger partial charge in [0.15, 0.2) is 0 Å². The Kier molecular flexibility index (Phi) is 7.15. The summed E-state index contributed by atoms with van der Waals surface area (Å²) in [5, 5.41) is 23.2. The summed E-state index contributed by atoms with van der Waals surface area (Å²) in [6.07, 6.45) is -0.680. The molecule has 8 nitrogen and oxygen atoms in total. The first-order valence-corrected chi connectivity index (χ1v) is 10.6. The first-order chi connectivity index (χ1) is 15.3. The number of rotatable bonds is 9. The fourth-order valence-electron chi connectivity index (χ4n) is 3.87. The number of fused-ring (bicyclic) bond motifs is 3. The number of carbonyl (C=O) groups is 3. The van der Waals surface area contributed by atoms with Crippen molar-refractivity contribution < 1.29 is 29.3 Å². The molecule has 32 heavy (non-hydrogen) atoms. The number of ether oxygens (including phenoxy) is 1. The van der Waals surface area contributed by atoms with Crippen LogP contribution in [-0.4, -0.2) is 53.0 Å². The minimum atomic E-state index is -1.37. The second-order valence-electron chi connectivity index (χ2n) is 8.01. The van der Waals surface area contributed by atoms with Gasteiger partial charge in [-0.1, -0.05) is 55.5 Å². The third kappa shape index (κ3) is 4.75. The van der Waals surface area contributed by atoms with E-state index in [1.807, 2.05) is 48.5 Å². The number of aliphatic hydroxyl groups is 1. The molecule has 2 atom stereocenters. The lowest BCUT2D eigenvalue weighted by Crippen LogP contribution is -2.59. The van der Waals surface area contributed by atoms with Gasteiger partial charge < -0.3 is 25.6 Å². The second-order valence-corrected chi connectivity index (χ2v) is 8.01. The molecule has 2 amide bonds. The standard InChI is InChI=1S/C24H28N2O6/c1-3-24(2,22(30)25-20(12-13-27)21(28)29)26-23(31)32-14-19-17-10-6-4-8-15(17)16-9-5-7-11-18(16)19/h4-11,19-20,27H,3,12-14H2,1-2H3,(H,25,30)(H,26,31)(H,28,29). The van der Waals surface area contributed by atoms with Gasteiger partial charge in [-0.2, -0.15) is 0 Å². The molecule has 2 unspecified atom stereocenters. The summed E-state index contributed by atoms with van der Waals surface area (Å²) in [6, 6.07) is 14.7. The Morgan fingerprint density at radius 3 is 2.12 bits per heavy atom. The van der Waals surface area contributed by atoms with Crippen LogP contribution in [0.3, 0.4) is 0 Å². The van der Waals surface area contributed by atoms with E-state index in [-0.39, 0.29) is 32.0 Å². The molecule has 1 aliphatic carbocycles. The molecule has 0 fully saturated rings. The van der Waals surface area contributed by atoms with Crippen LogP contribution >= 0.6 is 0 Å². The van der Waals surface area contributed by atoms with Crippen LogP contribution in [0.5, 0.6) is 0 Å². The fourth-order valence-corrected chi connectivity index (χ4v) is 3.87. The third-order valence-electron chi connectivity index (χ3n) is 5.95. The normalized spacial score (nSPS) is 15.1. The zero-order chi connectivity index (χ0) is 23.3. The van der Waals surface area contributed by atoms with Gasteiger partial charge >= 0.3 is 12.1 Å². The maximum atomic E-state index is 12.7. The van der Waals surface area contributed by atoms with E-state index in [4.69, 9.17) is 9.84 Å². The zero-order valence-electron chi connectivity index (χ0n) is 18.1. The summed E-state index contributed by atoms with van der Waals surface area (Å²) in [4.78, 5) is 36.5. The van der Waals surface area contributed by atoms with Gasteiger partial charge in [0, 0.05) is 18.9 Å². The smallest absolute Gasteiger partial charge is 0.408 e. The highest BCUT2D eigenvalue weighted by Gasteiger charge is 2.36. The lowest BCUT2D eigenvalue weighted by Gasteiger charge is -2.29. The molecule has 0 radical (unpaired) electrons. The highest BCUT2D eigenvalue weighted by atomic mass is 16.5. The van der Waals surface area contributed by atoms with E-state index < -0.39 is 29.6 Å². The van der Waals surface area contributed by atoms with Gasteiger partial charge in [-0.3, -0.25) is 4.79 Å². The minimum absolute atomic E-state index is 0.101. The average molecular weight is 440 g/mol. The molecule has 8 heteroatoms. The van der Waals surface area contributed by atoms with Crippen molar-refractivity contribution in [3.63, 3.8) is 0 Å². The Bertz CT molecular complexity index is 962. The van der Waals surface area contributed by atoms with Gasteiger partial charge in [-0.25, -0.2) is 9.59 Å². The molecule has 0 heterocycles. The predicted octanol–water partition coefficient (Wildman–Crippen LogP) is 2.65. The highest BCUT2D eigenvalue weighted by Crippen LogP contribution is 2.44. The molecule has 170 valence electrons. The molecule has 4 N–H and O–H groups in total. The summed E-state index contributed by atoms with van der Waals surface area (Å²) in [7, 11) is 0. The maximum Gasteiger partial charge on any atom is 0.408 e. The van der Waals surface area contributed by atoms with Crippen molar-refractivity contribution in [2.75, 3.05) is 13.2 Å². The van der Waals surface area contributed by atoms with Crippen LogP contribution in [0.2, 0.25) is 0 Å². The van der Waals surface area contributed by atoms with Gasteiger partial charge in [-0.05, 0) is 35.6 Å². The summed E-state index contributed by atoms with van der Waals surface area (Å²) in [5.74, 6) is -2.03. The van der Waals surface area contributed by atoms with Crippen molar-refractivity contribution in [1.29, 1.82) is 0 Å². The van der Waals surface area contributed by atoms with Crippen molar-refractivity contribution in [2.24, 2.45) is 0 Å². The van der Waals surface area contributed by atoms with Crippen LogP contribution in [0, 0.1) is 0 Å². The largest absolute Gasteiger partial charge is 0.480 e. The van der Waals surface area contributed by atoms with Crippen LogP contribution < -0.4 is 10.6 Å². The van der Waals surface area contributed by atoms with Crippen LogP contribution in [0.4, 0.5) is 4.79 Å². The summed E-state index contributed by atoms with van der Waals surface area (Å²) < 4.78 is 5.50. The number of aliphatic carboxylic acids is 1. The highest BCUT2D eigenvalue weighted by molar-refractivity contribution is 5.92. The monoisotopic (exact) mass is 440 g/mol. The van der Waals surface area contributed by atoms with Crippen LogP contribution in [-0.2, 0) is 14.3 Å². The maximum absolute atomic E-state index is 12.7. The predicted molar refractivity (Wildman–Crippen MR) is 118 cm³/mol. The molecule has 0 aliphatic heterocycles. The number of aliphatic hydroxyl groups excluding tert-OH is 1. The minimum Gasteiger partial charge on any atom is -0.480 e. The number of carboxylic acid groups (broad SMARTS) is 1. The number of nitrogens with one attached hydrogen (secondary N) is 2. The van der Waals surface area contributed by atoms with Gasteiger partial charge in [0.1, 0.15) is 18.2 Å². The van der Waals surface area contributed by atoms with E-state index in [1.54, 1.807) is 6.92 Å². The number of benzene rings is 2. The number of hydrogen-bond donors (Lipinski definition) is 4. The fraction of sp³-hybridized carbons (Fsp3) is 0.375. The Hall–Kier alpha value is -3.39. The van der Waals surface area contributed by atoms with E-state index in [0.717, 1.165) is 22.3 Å². The molecular formula is C24H28N2O6. The van der Waals surface area contributed by atoms with Crippen molar-refractivity contribution in [1.82, 2.24) is 10.6 Å². The quantitative estimate of drug-likeness (QED) is 0.475.